The Balaban J connectivity index is 2.84. The number of amides is 1. The summed E-state index contributed by atoms with van der Waals surface area (Å²) in [6, 6.07) is 1.92. The highest BCUT2D eigenvalue weighted by Crippen LogP contribution is 2.22. The van der Waals surface area contributed by atoms with Crippen molar-refractivity contribution in [2.24, 2.45) is 0 Å². The second kappa shape index (κ2) is 5.80. The van der Waals surface area contributed by atoms with Crippen LogP contribution in [0.3, 0.4) is 0 Å². The minimum absolute atomic E-state index is 0.497. The molecule has 0 aliphatic heterocycles. The third kappa shape index (κ3) is 3.62. The van der Waals surface area contributed by atoms with E-state index in [-0.39, 0.29) is 0 Å². The molecule has 0 unspecified atom stereocenters. The molecule has 0 aliphatic carbocycles. The highest BCUT2D eigenvalue weighted by Gasteiger charge is 2.40. The highest BCUT2D eigenvalue weighted by molar-refractivity contribution is 5.94. The molecule has 1 aromatic carbocycles. The lowest BCUT2D eigenvalue weighted by atomic mass is 10.2. The van der Waals surface area contributed by atoms with Crippen LogP contribution in [0.5, 0.6) is 0 Å². The van der Waals surface area contributed by atoms with Crippen LogP contribution in [0.2, 0.25) is 0 Å². The monoisotopic (exact) mass is 298 g/mol. The number of nitro benzene ring substituents is 1. The Morgan fingerprint density at radius 2 is 2.00 bits per heavy atom. The zero-order chi connectivity index (χ0) is 15.5. The number of carbonyl (C=O) groups is 1. The van der Waals surface area contributed by atoms with Crippen LogP contribution >= 0.6 is 0 Å². The summed E-state index contributed by atoms with van der Waals surface area (Å²) in [6.07, 6.45) is -3.97. The molecule has 0 bridgehead atoms. The molecule has 0 aliphatic rings. The molecular formula is C10H7F5N2O3. The summed E-state index contributed by atoms with van der Waals surface area (Å²) in [5.41, 5.74) is -1.53. The Bertz CT molecular complexity index is 536. The number of rotatable bonds is 5. The van der Waals surface area contributed by atoms with E-state index in [0.29, 0.717) is 12.1 Å². The van der Waals surface area contributed by atoms with Gasteiger partial charge in [-0.25, -0.2) is 8.78 Å². The van der Waals surface area contributed by atoms with Gasteiger partial charge in [0.2, 0.25) is 5.82 Å². The summed E-state index contributed by atoms with van der Waals surface area (Å²) in [6.45, 7) is -1.64. The lowest BCUT2D eigenvalue weighted by molar-refractivity contribution is -0.387. The summed E-state index contributed by atoms with van der Waals surface area (Å²) in [4.78, 5) is 20.7. The topological polar surface area (TPSA) is 72.2 Å². The molecule has 20 heavy (non-hydrogen) atoms. The second-order valence-corrected chi connectivity index (χ2v) is 3.67. The second-order valence-electron chi connectivity index (χ2n) is 3.67. The fourth-order valence-corrected chi connectivity index (χ4v) is 1.17. The van der Waals surface area contributed by atoms with E-state index in [1.165, 1.54) is 5.32 Å². The maximum Gasteiger partial charge on any atom is 0.324 e. The first-order valence-electron chi connectivity index (χ1n) is 5.03. The summed E-state index contributed by atoms with van der Waals surface area (Å²) in [7, 11) is 0. The molecule has 0 atom stereocenters. The lowest BCUT2D eigenvalue weighted by Gasteiger charge is -2.15. The lowest BCUT2D eigenvalue weighted by Crippen LogP contribution is -2.41. The van der Waals surface area contributed by atoms with Crippen LogP contribution in [0.1, 0.15) is 10.4 Å². The number of halogens is 5. The van der Waals surface area contributed by atoms with Gasteiger partial charge < -0.3 is 5.32 Å². The summed E-state index contributed by atoms with van der Waals surface area (Å²) in [5, 5.41) is 11.9. The Morgan fingerprint density at radius 1 is 1.40 bits per heavy atom. The van der Waals surface area contributed by atoms with Crippen molar-refractivity contribution in [1.29, 1.82) is 0 Å². The van der Waals surface area contributed by atoms with Crippen LogP contribution in [0.15, 0.2) is 18.2 Å². The molecular weight excluding hydrogens is 291 g/mol. The maximum absolute atomic E-state index is 13.0. The number of hydrogen-bond donors (Lipinski definition) is 1. The molecule has 1 amide bonds. The van der Waals surface area contributed by atoms with Crippen LogP contribution in [0, 0.1) is 15.9 Å². The first-order chi connectivity index (χ1) is 9.15. The Hall–Kier alpha value is -2.26. The van der Waals surface area contributed by atoms with Crippen LogP contribution in [0.4, 0.5) is 27.6 Å². The van der Waals surface area contributed by atoms with E-state index in [1.807, 2.05) is 0 Å². The number of carbonyl (C=O) groups excluding carboxylic acids is 1. The molecule has 0 spiro atoms. The van der Waals surface area contributed by atoms with Gasteiger partial charge in [-0.3, -0.25) is 14.9 Å². The van der Waals surface area contributed by atoms with Crippen LogP contribution in [-0.4, -0.2) is 29.7 Å². The average Bonchev–Trinajstić information content (AvgIpc) is 2.36. The average molecular weight is 298 g/mol. The van der Waals surface area contributed by atoms with Crippen molar-refractivity contribution in [2.75, 3.05) is 6.54 Å². The van der Waals surface area contributed by atoms with E-state index >= 15 is 0 Å². The standard InChI is InChI=1S/C10H7F5N2O3/c11-6-2-1-5(3-7(6)17(19)20)8(18)16-4-10(14,15)9(12)13/h1-3,9H,4H2,(H,16,18). The molecule has 1 N–H and O–H groups in total. The maximum atomic E-state index is 13.0. The van der Waals surface area contributed by atoms with Crippen LogP contribution < -0.4 is 5.32 Å². The molecule has 0 radical (unpaired) electrons. The van der Waals surface area contributed by atoms with E-state index in [0.717, 1.165) is 6.07 Å². The van der Waals surface area contributed by atoms with Gasteiger partial charge >= 0.3 is 18.0 Å². The molecule has 10 heteroatoms. The van der Waals surface area contributed by atoms with E-state index in [1.54, 1.807) is 0 Å². The van der Waals surface area contributed by atoms with Crippen molar-refractivity contribution < 1.29 is 31.7 Å². The predicted molar refractivity (Wildman–Crippen MR) is 56.3 cm³/mol. The normalized spacial score (nSPS) is 11.5. The van der Waals surface area contributed by atoms with E-state index in [9.17, 15) is 36.9 Å². The van der Waals surface area contributed by atoms with Crippen LogP contribution in [-0.2, 0) is 0 Å². The molecule has 0 aromatic heterocycles. The molecule has 0 saturated carbocycles. The Labute approximate surface area is 108 Å². The first kappa shape index (κ1) is 15.8. The number of nitrogens with one attached hydrogen (secondary N) is 1. The molecule has 0 heterocycles. The third-order valence-corrected chi connectivity index (χ3v) is 2.21. The van der Waals surface area contributed by atoms with Crippen molar-refractivity contribution in [3.8, 4) is 0 Å². The first-order valence-corrected chi connectivity index (χ1v) is 5.03. The zero-order valence-corrected chi connectivity index (χ0v) is 9.58. The SMILES string of the molecule is O=C(NCC(F)(F)C(F)F)c1ccc(F)c([N+](=O)[O-])c1. The highest BCUT2D eigenvalue weighted by atomic mass is 19.3. The quantitative estimate of drug-likeness (QED) is 0.515. The van der Waals surface area contributed by atoms with Gasteiger partial charge in [0.25, 0.3) is 5.91 Å². The van der Waals surface area contributed by atoms with Gasteiger partial charge in [-0.2, -0.15) is 13.2 Å². The van der Waals surface area contributed by atoms with E-state index in [4.69, 9.17) is 0 Å². The number of nitrogens with zero attached hydrogens (tertiary/aromatic N) is 1. The van der Waals surface area contributed by atoms with Gasteiger partial charge in [-0.05, 0) is 12.1 Å². The fourth-order valence-electron chi connectivity index (χ4n) is 1.17. The molecule has 1 aromatic rings. The number of benzene rings is 1. The van der Waals surface area contributed by atoms with Gasteiger partial charge in [0.15, 0.2) is 0 Å². The number of alkyl halides is 4. The molecule has 5 nitrogen and oxygen atoms in total. The van der Waals surface area contributed by atoms with Crippen molar-refractivity contribution in [3.63, 3.8) is 0 Å². The van der Waals surface area contributed by atoms with E-state index in [2.05, 4.69) is 0 Å². The van der Waals surface area contributed by atoms with Crippen molar-refractivity contribution >= 4 is 11.6 Å². The van der Waals surface area contributed by atoms with Crippen molar-refractivity contribution in [3.05, 3.63) is 39.7 Å². The third-order valence-electron chi connectivity index (χ3n) is 2.21. The number of hydrogen-bond acceptors (Lipinski definition) is 3. The largest absolute Gasteiger partial charge is 0.346 e. The molecule has 0 saturated heterocycles. The summed E-state index contributed by atoms with van der Waals surface area (Å²) in [5.74, 6) is -6.90. The minimum Gasteiger partial charge on any atom is -0.346 e. The van der Waals surface area contributed by atoms with Gasteiger partial charge in [-0.15, -0.1) is 0 Å². The van der Waals surface area contributed by atoms with Crippen molar-refractivity contribution in [2.45, 2.75) is 12.3 Å². The van der Waals surface area contributed by atoms with Gasteiger partial charge in [0, 0.05) is 11.6 Å². The minimum atomic E-state index is -4.43. The predicted octanol–water partition coefficient (Wildman–Crippen LogP) is 2.36. The van der Waals surface area contributed by atoms with Gasteiger partial charge in [-0.1, -0.05) is 0 Å². The number of nitro groups is 1. The fraction of sp³-hybridized carbons (Fsp3) is 0.300. The molecule has 0 fully saturated rings. The summed E-state index contributed by atoms with van der Waals surface area (Å²) >= 11 is 0. The van der Waals surface area contributed by atoms with Crippen LogP contribution in [0.25, 0.3) is 0 Å². The van der Waals surface area contributed by atoms with Crippen molar-refractivity contribution in [1.82, 2.24) is 5.32 Å². The molecule has 1 rings (SSSR count). The van der Waals surface area contributed by atoms with Gasteiger partial charge in [0.1, 0.15) is 0 Å². The Kier molecular flexibility index (Phi) is 4.58. The Morgan fingerprint density at radius 3 is 2.50 bits per heavy atom. The molecule has 110 valence electrons. The summed E-state index contributed by atoms with van der Waals surface area (Å²) < 4.78 is 61.8. The van der Waals surface area contributed by atoms with E-state index < -0.39 is 46.8 Å². The smallest absolute Gasteiger partial charge is 0.324 e. The van der Waals surface area contributed by atoms with Gasteiger partial charge in [0.05, 0.1) is 11.5 Å². The zero-order valence-electron chi connectivity index (χ0n) is 9.58.